The third-order valence-electron chi connectivity index (χ3n) is 2.21. The molecule has 98 valence electrons. The number of rotatable bonds is 6. The van der Waals surface area contributed by atoms with Crippen LogP contribution in [-0.2, 0) is 19.1 Å². The Balaban J connectivity index is 4.32. The maximum absolute atomic E-state index is 11.5. The number of halogens is 1. The van der Waals surface area contributed by atoms with E-state index in [2.05, 4.69) is 0 Å². The fraction of sp³-hybridized carbons (Fsp3) is 0.667. The molecule has 0 rings (SSSR count). The van der Waals surface area contributed by atoms with Gasteiger partial charge < -0.3 is 9.47 Å². The van der Waals surface area contributed by atoms with Gasteiger partial charge in [0.1, 0.15) is 3.58 Å². The minimum absolute atomic E-state index is 0.145. The van der Waals surface area contributed by atoms with Crippen molar-refractivity contribution in [2.24, 2.45) is 0 Å². The van der Waals surface area contributed by atoms with E-state index in [0.717, 1.165) is 18.9 Å². The van der Waals surface area contributed by atoms with E-state index in [1.807, 2.05) is 13.8 Å². The van der Waals surface area contributed by atoms with Gasteiger partial charge in [-0.3, -0.25) is 0 Å². The van der Waals surface area contributed by atoms with Crippen LogP contribution < -0.4 is 0 Å². The molecule has 0 N–H and O–H groups in total. The molecule has 0 aromatic rings. The van der Waals surface area contributed by atoms with Crippen molar-refractivity contribution in [3.8, 4) is 0 Å². The van der Waals surface area contributed by atoms with Crippen molar-refractivity contribution in [3.05, 3.63) is 9.66 Å². The predicted octanol–water partition coefficient (Wildman–Crippen LogP) is 2.99. The average Bonchev–Trinajstić information content (AvgIpc) is 2.28. The summed E-state index contributed by atoms with van der Waals surface area (Å²) < 4.78 is 10.3. The smallest absolute Gasteiger partial charge is 0.344 e. The van der Waals surface area contributed by atoms with Gasteiger partial charge >= 0.3 is 11.9 Å². The zero-order chi connectivity index (χ0) is 13.4. The van der Waals surface area contributed by atoms with Crippen LogP contribution in [-0.4, -0.2) is 24.1 Å². The van der Waals surface area contributed by atoms with E-state index < -0.39 is 11.9 Å². The lowest BCUT2D eigenvalue weighted by Crippen LogP contribution is -2.16. The normalized spacial score (nSPS) is 15.0. The zero-order valence-electron chi connectivity index (χ0n) is 10.7. The Morgan fingerprint density at radius 2 is 1.59 bits per heavy atom. The molecule has 0 saturated heterocycles. The van der Waals surface area contributed by atoms with Crippen molar-refractivity contribution in [2.45, 2.75) is 52.7 Å². The number of carbonyl (C=O) groups is 2. The fourth-order valence-corrected chi connectivity index (χ4v) is 1.18. The van der Waals surface area contributed by atoms with Gasteiger partial charge in [0.05, 0.1) is 12.2 Å². The van der Waals surface area contributed by atoms with Crippen molar-refractivity contribution in [2.75, 3.05) is 0 Å². The van der Waals surface area contributed by atoms with Gasteiger partial charge in [-0.25, -0.2) is 9.59 Å². The molecule has 17 heavy (non-hydrogen) atoms. The number of hydrogen-bond donors (Lipinski definition) is 0. The quantitative estimate of drug-likeness (QED) is 0.418. The lowest BCUT2D eigenvalue weighted by molar-refractivity contribution is -0.145. The summed E-state index contributed by atoms with van der Waals surface area (Å²) in [5.41, 5.74) is 0. The highest BCUT2D eigenvalue weighted by Gasteiger charge is 2.14. The molecule has 0 radical (unpaired) electrons. The molecule has 4 nitrogen and oxygen atoms in total. The second-order valence-corrected chi connectivity index (χ2v) is 4.93. The number of esters is 2. The van der Waals surface area contributed by atoms with E-state index in [4.69, 9.17) is 9.47 Å². The van der Waals surface area contributed by atoms with Crippen molar-refractivity contribution >= 4 is 34.5 Å². The summed E-state index contributed by atoms with van der Waals surface area (Å²) in [6, 6.07) is 0. The lowest BCUT2D eigenvalue weighted by atomic mass is 10.3. The molecule has 0 aliphatic heterocycles. The van der Waals surface area contributed by atoms with Gasteiger partial charge in [0, 0.05) is 6.08 Å². The van der Waals surface area contributed by atoms with Crippen LogP contribution in [0, 0.1) is 0 Å². The van der Waals surface area contributed by atoms with Crippen molar-refractivity contribution in [1.82, 2.24) is 0 Å². The van der Waals surface area contributed by atoms with Crippen LogP contribution in [0.3, 0.4) is 0 Å². The summed E-state index contributed by atoms with van der Waals surface area (Å²) in [5.74, 6) is -0.995. The van der Waals surface area contributed by atoms with Crippen LogP contribution >= 0.6 is 22.6 Å². The predicted molar refractivity (Wildman–Crippen MR) is 73.8 cm³/mol. The molecule has 0 aromatic carbocycles. The van der Waals surface area contributed by atoms with E-state index >= 15 is 0 Å². The van der Waals surface area contributed by atoms with E-state index in [1.165, 1.54) is 0 Å². The third-order valence-corrected chi connectivity index (χ3v) is 2.97. The first-order valence-corrected chi connectivity index (χ1v) is 6.77. The van der Waals surface area contributed by atoms with E-state index in [0.29, 0.717) is 0 Å². The molecule has 2 unspecified atom stereocenters. The SMILES string of the molecule is CCC(C)OC(=O)/C=C(/I)C(=O)OC(C)CC. The minimum Gasteiger partial charge on any atom is -0.459 e. The van der Waals surface area contributed by atoms with Gasteiger partial charge in [0.15, 0.2) is 0 Å². The van der Waals surface area contributed by atoms with E-state index in [-0.39, 0.29) is 15.8 Å². The van der Waals surface area contributed by atoms with Crippen molar-refractivity contribution in [1.29, 1.82) is 0 Å². The first-order chi connectivity index (χ1) is 7.90. The van der Waals surface area contributed by atoms with Gasteiger partial charge in [-0.2, -0.15) is 0 Å². The first kappa shape index (κ1) is 16.4. The second-order valence-electron chi connectivity index (χ2n) is 3.77. The van der Waals surface area contributed by atoms with Crippen LogP contribution in [0.2, 0.25) is 0 Å². The molecule has 0 amide bonds. The summed E-state index contributed by atoms with van der Waals surface area (Å²) in [6.07, 6.45) is 2.36. The molecule has 0 saturated carbocycles. The maximum Gasteiger partial charge on any atom is 0.344 e. The molecule has 0 aliphatic rings. The van der Waals surface area contributed by atoms with E-state index in [9.17, 15) is 9.59 Å². The highest BCUT2D eigenvalue weighted by molar-refractivity contribution is 14.1. The number of carbonyl (C=O) groups excluding carboxylic acids is 2. The zero-order valence-corrected chi connectivity index (χ0v) is 12.8. The number of ether oxygens (including phenoxy) is 2. The summed E-state index contributed by atoms with van der Waals surface area (Å²) >= 11 is 1.78. The lowest BCUT2D eigenvalue weighted by Gasteiger charge is -2.11. The molecule has 0 bridgehead atoms. The largest absolute Gasteiger partial charge is 0.459 e. The van der Waals surface area contributed by atoms with Crippen LogP contribution in [0.4, 0.5) is 0 Å². The van der Waals surface area contributed by atoms with Crippen LogP contribution in [0.1, 0.15) is 40.5 Å². The summed E-state index contributed by atoms with van der Waals surface area (Å²) in [5, 5.41) is 0. The molecule has 0 fully saturated rings. The molecule has 0 aliphatic carbocycles. The Morgan fingerprint density at radius 3 is 2.06 bits per heavy atom. The fourth-order valence-electron chi connectivity index (χ4n) is 0.800. The van der Waals surface area contributed by atoms with Gasteiger partial charge in [0.25, 0.3) is 0 Å². The molecule has 0 aromatic heterocycles. The summed E-state index contributed by atoms with van der Waals surface area (Å²) in [6.45, 7) is 7.45. The van der Waals surface area contributed by atoms with Gasteiger partial charge in [-0.05, 0) is 49.3 Å². The number of hydrogen-bond acceptors (Lipinski definition) is 4. The Bertz CT molecular complexity index is 299. The minimum atomic E-state index is -0.509. The van der Waals surface area contributed by atoms with E-state index in [1.54, 1.807) is 36.4 Å². The van der Waals surface area contributed by atoms with Crippen molar-refractivity contribution in [3.63, 3.8) is 0 Å². The molecule has 5 heteroatoms. The van der Waals surface area contributed by atoms with Crippen molar-refractivity contribution < 1.29 is 19.1 Å². The Hall–Kier alpha value is -0.590. The molecule has 0 heterocycles. The topological polar surface area (TPSA) is 52.6 Å². The highest BCUT2D eigenvalue weighted by Crippen LogP contribution is 2.12. The first-order valence-electron chi connectivity index (χ1n) is 5.69. The summed E-state index contributed by atoms with van der Waals surface area (Å²) in [4.78, 5) is 22.9. The monoisotopic (exact) mass is 354 g/mol. The van der Waals surface area contributed by atoms with Crippen LogP contribution in [0.15, 0.2) is 9.66 Å². The van der Waals surface area contributed by atoms with Crippen LogP contribution in [0.25, 0.3) is 0 Å². The molecule has 2 atom stereocenters. The summed E-state index contributed by atoms with van der Waals surface area (Å²) in [7, 11) is 0. The average molecular weight is 354 g/mol. The Labute approximate surface area is 116 Å². The van der Waals surface area contributed by atoms with Gasteiger partial charge in [0.2, 0.25) is 0 Å². The third kappa shape index (κ3) is 7.36. The molecular weight excluding hydrogens is 335 g/mol. The van der Waals surface area contributed by atoms with Gasteiger partial charge in [-0.1, -0.05) is 13.8 Å². The second kappa shape index (κ2) is 8.49. The molecular formula is C12H19IO4. The highest BCUT2D eigenvalue weighted by atomic mass is 127. The maximum atomic E-state index is 11.5. The molecule has 0 spiro atoms. The Morgan fingerprint density at radius 1 is 1.12 bits per heavy atom. The van der Waals surface area contributed by atoms with Crippen LogP contribution in [0.5, 0.6) is 0 Å². The standard InChI is InChI=1S/C12H19IO4/c1-5-8(3)16-11(14)7-10(13)12(15)17-9(4)6-2/h7-9H,5-6H2,1-4H3/b10-7+. The Kier molecular flexibility index (Phi) is 8.20. The van der Waals surface area contributed by atoms with Gasteiger partial charge in [-0.15, -0.1) is 0 Å².